The molecule has 4 aromatic rings. The van der Waals surface area contributed by atoms with Crippen molar-refractivity contribution in [1.29, 1.82) is 0 Å². The summed E-state index contributed by atoms with van der Waals surface area (Å²) in [6.45, 7) is 2.16. The molecule has 3 atom stereocenters. The summed E-state index contributed by atoms with van der Waals surface area (Å²) in [6.07, 6.45) is 6.64. The van der Waals surface area contributed by atoms with Gasteiger partial charge in [0.25, 0.3) is 0 Å². The number of sulfonamides is 1. The van der Waals surface area contributed by atoms with Crippen LogP contribution in [-0.2, 0) is 34.8 Å². The molecule has 1 saturated carbocycles. The highest BCUT2D eigenvalue weighted by Crippen LogP contribution is 2.49. The van der Waals surface area contributed by atoms with Crippen LogP contribution in [0.3, 0.4) is 0 Å². The minimum Gasteiger partial charge on any atom is -0.337 e. The summed E-state index contributed by atoms with van der Waals surface area (Å²) in [5, 5.41) is 0. The van der Waals surface area contributed by atoms with Crippen molar-refractivity contribution in [3.8, 4) is 0 Å². The number of carbonyl (C=O) groups excluding carboxylic acids is 1. The van der Waals surface area contributed by atoms with Gasteiger partial charge < -0.3 is 9.47 Å². The molecule has 7 nitrogen and oxygen atoms in total. The lowest BCUT2D eigenvalue weighted by Crippen LogP contribution is -2.34. The number of carbonyl (C=O) groups is 1. The molecule has 41 heavy (non-hydrogen) atoms. The van der Waals surface area contributed by atoms with Crippen molar-refractivity contribution in [3.63, 3.8) is 0 Å². The van der Waals surface area contributed by atoms with Crippen molar-refractivity contribution in [2.45, 2.75) is 56.0 Å². The Kier molecular flexibility index (Phi) is 7.25. The van der Waals surface area contributed by atoms with Gasteiger partial charge in [0.1, 0.15) is 11.6 Å². The number of aromatic nitrogens is 2. The van der Waals surface area contributed by atoms with Gasteiger partial charge in [0, 0.05) is 37.1 Å². The van der Waals surface area contributed by atoms with Gasteiger partial charge in [-0.25, -0.2) is 22.5 Å². The molecule has 1 aromatic heterocycles. The van der Waals surface area contributed by atoms with E-state index in [2.05, 4.69) is 9.71 Å². The number of rotatable bonds is 8. The lowest BCUT2D eigenvalue weighted by molar-refractivity contribution is -0.120. The molecule has 9 heteroatoms. The van der Waals surface area contributed by atoms with Crippen molar-refractivity contribution in [1.82, 2.24) is 14.3 Å². The Bertz CT molecular complexity index is 1700. The number of aryl methyl sites for hydroxylation is 3. The molecular formula is C32H33FN4O3S. The monoisotopic (exact) mass is 572 g/mol. The number of nitrogens with zero attached hydrogens (tertiary/aromatic N) is 3. The summed E-state index contributed by atoms with van der Waals surface area (Å²) < 4.78 is 44.9. The van der Waals surface area contributed by atoms with Crippen LogP contribution in [0.4, 0.5) is 10.1 Å². The highest BCUT2D eigenvalue weighted by atomic mass is 32.2. The van der Waals surface area contributed by atoms with Crippen molar-refractivity contribution >= 4 is 21.6 Å². The van der Waals surface area contributed by atoms with Gasteiger partial charge in [-0.3, -0.25) is 4.79 Å². The van der Waals surface area contributed by atoms with Gasteiger partial charge >= 0.3 is 0 Å². The summed E-state index contributed by atoms with van der Waals surface area (Å²) in [5.74, 6) is 0.253. The Labute approximate surface area is 240 Å². The Balaban J connectivity index is 1.31. The molecule has 1 N–H and O–H groups in total. The number of halogens is 1. The van der Waals surface area contributed by atoms with E-state index in [4.69, 9.17) is 0 Å². The Morgan fingerprint density at radius 2 is 1.93 bits per heavy atom. The molecule has 1 amide bonds. The summed E-state index contributed by atoms with van der Waals surface area (Å²) in [4.78, 5) is 20.5. The lowest BCUT2D eigenvalue weighted by atomic mass is 9.87. The summed E-state index contributed by atoms with van der Waals surface area (Å²) in [7, 11) is -1.84. The molecule has 212 valence electrons. The van der Waals surface area contributed by atoms with Gasteiger partial charge in [-0.1, -0.05) is 30.3 Å². The Morgan fingerprint density at radius 1 is 1.12 bits per heavy atom. The van der Waals surface area contributed by atoms with E-state index in [-0.39, 0.29) is 35.0 Å². The van der Waals surface area contributed by atoms with Crippen molar-refractivity contribution in [2.24, 2.45) is 13.0 Å². The minimum atomic E-state index is -3.74. The molecule has 0 unspecified atom stereocenters. The Morgan fingerprint density at radius 3 is 2.66 bits per heavy atom. The maximum absolute atomic E-state index is 14.0. The van der Waals surface area contributed by atoms with Crippen molar-refractivity contribution in [3.05, 3.63) is 113 Å². The average molecular weight is 573 g/mol. The van der Waals surface area contributed by atoms with E-state index in [9.17, 15) is 17.6 Å². The van der Waals surface area contributed by atoms with Crippen molar-refractivity contribution < 1.29 is 17.6 Å². The molecule has 2 aliphatic rings. The maximum Gasteiger partial charge on any atom is 0.241 e. The van der Waals surface area contributed by atoms with Gasteiger partial charge in [-0.05, 0) is 97.2 Å². The molecule has 2 aliphatic carbocycles. The molecule has 0 spiro atoms. The minimum absolute atomic E-state index is 0.0185. The third-order valence-electron chi connectivity index (χ3n) is 8.25. The largest absolute Gasteiger partial charge is 0.337 e. The van der Waals surface area contributed by atoms with Gasteiger partial charge in [0.2, 0.25) is 15.9 Å². The van der Waals surface area contributed by atoms with E-state index in [1.807, 2.05) is 49.0 Å². The zero-order valence-electron chi connectivity index (χ0n) is 23.1. The molecule has 1 fully saturated rings. The van der Waals surface area contributed by atoms with E-state index in [0.717, 1.165) is 40.9 Å². The van der Waals surface area contributed by atoms with Crippen LogP contribution >= 0.6 is 0 Å². The molecule has 3 aromatic carbocycles. The van der Waals surface area contributed by atoms with Crippen LogP contribution in [0, 0.1) is 18.7 Å². The van der Waals surface area contributed by atoms with Crippen LogP contribution in [0.5, 0.6) is 0 Å². The van der Waals surface area contributed by atoms with E-state index in [1.54, 1.807) is 41.4 Å². The fourth-order valence-corrected chi connectivity index (χ4v) is 7.20. The predicted octanol–water partition coefficient (Wildman–Crippen LogP) is 5.56. The van der Waals surface area contributed by atoms with Gasteiger partial charge in [0.15, 0.2) is 0 Å². The van der Waals surface area contributed by atoms with E-state index >= 15 is 0 Å². The summed E-state index contributed by atoms with van der Waals surface area (Å²) in [5.41, 5.74) is 4.52. The molecule has 0 aliphatic heterocycles. The molecule has 0 bridgehead atoms. The lowest BCUT2D eigenvalue weighted by Gasteiger charge is -2.29. The first kappa shape index (κ1) is 27.4. The third-order valence-corrected chi connectivity index (χ3v) is 9.71. The van der Waals surface area contributed by atoms with Crippen LogP contribution in [0.1, 0.15) is 59.3 Å². The smallest absolute Gasteiger partial charge is 0.241 e. The third kappa shape index (κ3) is 5.69. The Hall–Kier alpha value is -3.82. The van der Waals surface area contributed by atoms with E-state index in [0.29, 0.717) is 18.5 Å². The van der Waals surface area contributed by atoms with Crippen LogP contribution in [0.2, 0.25) is 0 Å². The molecular weight excluding hydrogens is 539 g/mol. The van der Waals surface area contributed by atoms with Crippen LogP contribution in [0.25, 0.3) is 0 Å². The number of nitrogens with one attached hydrogen (secondary N) is 1. The fraction of sp³-hybridized carbons (Fsp3) is 0.312. The second-order valence-corrected chi connectivity index (χ2v) is 12.9. The highest BCUT2D eigenvalue weighted by Gasteiger charge is 2.46. The average Bonchev–Trinajstić information content (AvgIpc) is 3.66. The predicted molar refractivity (Wildman–Crippen MR) is 155 cm³/mol. The molecule has 1 heterocycles. The van der Waals surface area contributed by atoms with Gasteiger partial charge in [-0.2, -0.15) is 0 Å². The van der Waals surface area contributed by atoms with E-state index < -0.39 is 16.1 Å². The number of hydrogen-bond donors (Lipinski definition) is 1. The number of benzene rings is 3. The zero-order chi connectivity index (χ0) is 28.7. The highest BCUT2D eigenvalue weighted by molar-refractivity contribution is 7.89. The normalized spacial score (nSPS) is 19.9. The second-order valence-electron chi connectivity index (χ2n) is 11.1. The zero-order valence-corrected chi connectivity index (χ0v) is 23.9. The summed E-state index contributed by atoms with van der Waals surface area (Å²) in [6, 6.07) is 18.8. The van der Waals surface area contributed by atoms with Crippen LogP contribution in [-0.4, -0.2) is 23.9 Å². The van der Waals surface area contributed by atoms with Crippen LogP contribution in [0.15, 0.2) is 84.0 Å². The SMILES string of the molecule is Cc1cccc(S(=O)(=O)N[C@H]2CCCc3ccc(N(Cc4nccn4C)C(=O)[C@@H]4C[C@H]4c4ccc(F)cc4)cc32)c1. The first-order valence-electron chi connectivity index (χ1n) is 13.9. The van der Waals surface area contributed by atoms with Gasteiger partial charge in [0.05, 0.1) is 11.4 Å². The number of anilines is 1. The molecule has 6 rings (SSSR count). The first-order chi connectivity index (χ1) is 19.7. The standard InChI is InChI=1S/C32H33FN4O3S/c1-21-5-3-7-26(17-21)41(39,40)35-30-8-4-6-22-11-14-25(18-28(22)30)37(20-31-34-15-16-36(31)2)32(38)29-19-27(29)23-9-12-24(33)13-10-23/h3,5,7,9-18,27,29-30,35H,4,6,8,19-20H2,1-2H3/t27-,29+,30-/m0/s1. The topological polar surface area (TPSA) is 84.3 Å². The number of hydrogen-bond acceptors (Lipinski definition) is 4. The van der Waals surface area contributed by atoms with Crippen LogP contribution < -0.4 is 9.62 Å². The number of amides is 1. The summed E-state index contributed by atoms with van der Waals surface area (Å²) >= 11 is 0. The van der Waals surface area contributed by atoms with Gasteiger partial charge in [-0.15, -0.1) is 0 Å². The number of imidazole rings is 1. The maximum atomic E-state index is 14.0. The van der Waals surface area contributed by atoms with E-state index in [1.165, 1.54) is 12.1 Å². The second kappa shape index (κ2) is 10.9. The quantitative estimate of drug-likeness (QED) is 0.300. The molecule has 0 saturated heterocycles. The fourth-order valence-electron chi connectivity index (χ4n) is 5.85. The number of fused-ring (bicyclic) bond motifs is 1. The van der Waals surface area contributed by atoms with Crippen molar-refractivity contribution in [2.75, 3.05) is 4.90 Å². The molecule has 0 radical (unpaired) electrons. The first-order valence-corrected chi connectivity index (χ1v) is 15.4.